The van der Waals surface area contributed by atoms with Crippen LogP contribution in [-0.2, 0) is 6.42 Å². The molecule has 5 rings (SSSR count). The van der Waals surface area contributed by atoms with E-state index in [0.717, 1.165) is 23.2 Å². The minimum atomic E-state index is -0.499. The molecule has 0 bridgehead atoms. The van der Waals surface area contributed by atoms with Crippen LogP contribution in [0.25, 0.3) is 28.0 Å². The fraction of sp³-hybridized carbons (Fsp3) is 0.261. The van der Waals surface area contributed by atoms with E-state index in [9.17, 15) is 9.18 Å². The molecule has 1 aliphatic heterocycles. The third kappa shape index (κ3) is 3.15. The van der Waals surface area contributed by atoms with Crippen LogP contribution in [0.15, 0.2) is 47.3 Å². The van der Waals surface area contributed by atoms with Crippen molar-refractivity contribution in [2.24, 2.45) is 5.73 Å². The molecule has 0 saturated carbocycles. The quantitative estimate of drug-likeness (QED) is 0.534. The van der Waals surface area contributed by atoms with Gasteiger partial charge >= 0.3 is 0 Å². The van der Waals surface area contributed by atoms with Gasteiger partial charge in [0, 0.05) is 30.8 Å². The normalized spacial score (nSPS) is 16.6. The van der Waals surface area contributed by atoms with Crippen LogP contribution in [0.2, 0.25) is 0 Å². The predicted octanol–water partition coefficient (Wildman–Crippen LogP) is 2.71. The SMILES string of the molecule is Cc1cccc(F)c1-n1nc2c(-c3ccc4c(c3)C(CN)N(C)CC4)n[nH]c2cc1=O. The summed E-state index contributed by atoms with van der Waals surface area (Å²) in [5.74, 6) is -0.499. The summed E-state index contributed by atoms with van der Waals surface area (Å²) in [5, 5.41) is 11.8. The number of H-pyrrole nitrogens is 1. The molecule has 2 aromatic heterocycles. The van der Waals surface area contributed by atoms with E-state index >= 15 is 0 Å². The van der Waals surface area contributed by atoms with Gasteiger partial charge in [-0.25, -0.2) is 4.39 Å². The Hall–Kier alpha value is -3.36. The minimum absolute atomic E-state index is 0.140. The molecule has 3 heterocycles. The fourth-order valence-corrected chi connectivity index (χ4v) is 4.42. The molecule has 0 radical (unpaired) electrons. The summed E-state index contributed by atoms with van der Waals surface area (Å²) in [4.78, 5) is 14.9. The van der Waals surface area contributed by atoms with Crippen molar-refractivity contribution in [2.75, 3.05) is 20.1 Å². The molecule has 31 heavy (non-hydrogen) atoms. The predicted molar refractivity (Wildman–Crippen MR) is 118 cm³/mol. The Labute approximate surface area is 178 Å². The molecule has 7 nitrogen and oxygen atoms in total. The monoisotopic (exact) mass is 418 g/mol. The van der Waals surface area contributed by atoms with Gasteiger partial charge in [-0.3, -0.25) is 14.8 Å². The third-order valence-corrected chi connectivity index (χ3v) is 6.11. The van der Waals surface area contributed by atoms with E-state index in [4.69, 9.17) is 5.73 Å². The number of aromatic amines is 1. The Morgan fingerprint density at radius 1 is 1.26 bits per heavy atom. The van der Waals surface area contributed by atoms with Gasteiger partial charge in [-0.15, -0.1) is 0 Å². The van der Waals surface area contributed by atoms with Crippen LogP contribution in [0.5, 0.6) is 0 Å². The molecular weight excluding hydrogens is 395 g/mol. The van der Waals surface area contributed by atoms with Crippen LogP contribution in [0, 0.1) is 12.7 Å². The first kappa shape index (κ1) is 19.6. The zero-order valence-corrected chi connectivity index (χ0v) is 17.4. The van der Waals surface area contributed by atoms with Crippen molar-refractivity contribution in [1.29, 1.82) is 0 Å². The van der Waals surface area contributed by atoms with E-state index in [-0.39, 0.29) is 11.7 Å². The Balaban J connectivity index is 1.69. The molecule has 2 aromatic carbocycles. The lowest BCUT2D eigenvalue weighted by atomic mass is 9.90. The molecule has 0 amide bonds. The molecule has 1 unspecified atom stereocenters. The first-order valence-corrected chi connectivity index (χ1v) is 10.3. The van der Waals surface area contributed by atoms with Crippen LogP contribution in [0.4, 0.5) is 4.39 Å². The van der Waals surface area contributed by atoms with E-state index in [1.807, 2.05) is 6.07 Å². The summed E-state index contributed by atoms with van der Waals surface area (Å²) in [5.41, 5.74) is 11.4. The van der Waals surface area contributed by atoms with Gasteiger partial charge in [0.15, 0.2) is 0 Å². The number of para-hydroxylation sites is 1. The topological polar surface area (TPSA) is 92.8 Å². The number of hydrogen-bond donors (Lipinski definition) is 2. The highest BCUT2D eigenvalue weighted by molar-refractivity contribution is 5.89. The summed E-state index contributed by atoms with van der Waals surface area (Å²) in [7, 11) is 2.08. The van der Waals surface area contributed by atoms with Gasteiger partial charge in [-0.1, -0.05) is 24.3 Å². The number of nitrogens with zero attached hydrogens (tertiary/aromatic N) is 4. The zero-order chi connectivity index (χ0) is 21.7. The van der Waals surface area contributed by atoms with E-state index < -0.39 is 11.4 Å². The van der Waals surface area contributed by atoms with Crippen molar-refractivity contribution < 1.29 is 4.39 Å². The third-order valence-electron chi connectivity index (χ3n) is 6.11. The zero-order valence-electron chi connectivity index (χ0n) is 17.4. The summed E-state index contributed by atoms with van der Waals surface area (Å²) in [6.45, 7) is 3.24. The Morgan fingerprint density at radius 2 is 2.10 bits per heavy atom. The maximum Gasteiger partial charge on any atom is 0.273 e. The number of halogens is 1. The van der Waals surface area contributed by atoms with Crippen molar-refractivity contribution in [1.82, 2.24) is 24.9 Å². The molecule has 1 atom stereocenters. The van der Waals surface area contributed by atoms with Gasteiger partial charge in [0.1, 0.15) is 22.7 Å². The number of aryl methyl sites for hydroxylation is 1. The maximum atomic E-state index is 14.5. The Morgan fingerprint density at radius 3 is 2.87 bits per heavy atom. The molecule has 3 N–H and O–H groups in total. The number of fused-ring (bicyclic) bond motifs is 2. The molecule has 0 spiro atoms. The lowest BCUT2D eigenvalue weighted by Crippen LogP contribution is -2.36. The lowest BCUT2D eigenvalue weighted by molar-refractivity contribution is 0.236. The van der Waals surface area contributed by atoms with Gasteiger partial charge in [0.2, 0.25) is 0 Å². The van der Waals surface area contributed by atoms with Crippen molar-refractivity contribution in [2.45, 2.75) is 19.4 Å². The number of benzene rings is 2. The average molecular weight is 418 g/mol. The molecular formula is C23H23FN6O. The first-order valence-electron chi connectivity index (χ1n) is 10.3. The largest absolute Gasteiger partial charge is 0.329 e. The molecule has 1 aliphatic rings. The number of nitrogens with one attached hydrogen (secondary N) is 1. The second-order valence-electron chi connectivity index (χ2n) is 8.03. The van der Waals surface area contributed by atoms with Gasteiger partial charge in [-0.2, -0.15) is 14.9 Å². The van der Waals surface area contributed by atoms with E-state index in [1.165, 1.54) is 23.3 Å². The van der Waals surface area contributed by atoms with Crippen LogP contribution < -0.4 is 11.3 Å². The maximum absolute atomic E-state index is 14.5. The molecule has 158 valence electrons. The number of nitrogens with two attached hydrogens (primary N) is 1. The summed E-state index contributed by atoms with van der Waals surface area (Å²) < 4.78 is 15.6. The number of aromatic nitrogens is 4. The van der Waals surface area contributed by atoms with Crippen LogP contribution >= 0.6 is 0 Å². The second kappa shape index (κ2) is 7.40. The van der Waals surface area contributed by atoms with E-state index in [2.05, 4.69) is 39.4 Å². The molecule has 8 heteroatoms. The standard InChI is InChI=1S/C23H23FN6O/c1-13-4-3-5-17(24)23(13)30-20(31)11-18-22(28-30)21(27-26-18)15-7-6-14-8-9-29(2)19(12-25)16(14)10-15/h3-7,10-11,19,26H,8-9,12,25H2,1-2H3. The second-order valence-corrected chi connectivity index (χ2v) is 8.03. The van der Waals surface area contributed by atoms with E-state index in [0.29, 0.717) is 28.8 Å². The number of rotatable bonds is 3. The van der Waals surface area contributed by atoms with Crippen LogP contribution in [-0.4, -0.2) is 45.0 Å². The van der Waals surface area contributed by atoms with Crippen molar-refractivity contribution >= 4 is 11.0 Å². The molecule has 0 saturated heterocycles. The smallest absolute Gasteiger partial charge is 0.273 e. The van der Waals surface area contributed by atoms with Gasteiger partial charge in [0.05, 0.1) is 5.52 Å². The summed E-state index contributed by atoms with van der Waals surface area (Å²) in [6.07, 6.45) is 0.967. The molecule has 0 fully saturated rings. The highest BCUT2D eigenvalue weighted by Gasteiger charge is 2.25. The first-order chi connectivity index (χ1) is 15.0. The van der Waals surface area contributed by atoms with Gasteiger partial charge in [-0.05, 0) is 49.2 Å². The highest BCUT2D eigenvalue weighted by Crippen LogP contribution is 2.33. The lowest BCUT2D eigenvalue weighted by Gasteiger charge is -2.34. The Kier molecular flexibility index (Phi) is 4.68. The van der Waals surface area contributed by atoms with Crippen molar-refractivity contribution in [3.8, 4) is 16.9 Å². The molecule has 4 aromatic rings. The average Bonchev–Trinajstić information content (AvgIpc) is 3.16. The molecule has 0 aliphatic carbocycles. The van der Waals surface area contributed by atoms with Crippen molar-refractivity contribution in [3.05, 3.63) is 75.3 Å². The van der Waals surface area contributed by atoms with Crippen LogP contribution in [0.1, 0.15) is 22.7 Å². The number of likely N-dealkylation sites (N-methyl/N-ethyl adjacent to an activating group) is 1. The minimum Gasteiger partial charge on any atom is -0.329 e. The van der Waals surface area contributed by atoms with Crippen LogP contribution in [0.3, 0.4) is 0 Å². The summed E-state index contributed by atoms with van der Waals surface area (Å²) in [6, 6.07) is 12.4. The fourth-order valence-electron chi connectivity index (χ4n) is 4.42. The Bertz CT molecular complexity index is 1340. The highest BCUT2D eigenvalue weighted by atomic mass is 19.1. The summed E-state index contributed by atoms with van der Waals surface area (Å²) >= 11 is 0. The van der Waals surface area contributed by atoms with Gasteiger partial charge < -0.3 is 5.73 Å². The van der Waals surface area contributed by atoms with E-state index in [1.54, 1.807) is 19.1 Å². The number of hydrogen-bond acceptors (Lipinski definition) is 5. The van der Waals surface area contributed by atoms with Crippen molar-refractivity contribution in [3.63, 3.8) is 0 Å². The van der Waals surface area contributed by atoms with Gasteiger partial charge in [0.25, 0.3) is 5.56 Å².